The van der Waals surface area contributed by atoms with Crippen molar-refractivity contribution in [3.8, 4) is 11.1 Å². The van der Waals surface area contributed by atoms with Gasteiger partial charge in [0.2, 0.25) is 10.0 Å². The third-order valence-electron chi connectivity index (χ3n) is 9.09. The largest absolute Gasteiger partial charge is 0.369 e. The van der Waals surface area contributed by atoms with Crippen molar-refractivity contribution in [1.82, 2.24) is 19.2 Å². The standard InChI is InChI=1S/C33H39N7O2S/c1-38-16-18-40(19-17-38)43(41,42)27-9-7-26(8-10-27)36-32-21-24(12-14-35-32)23-6-11-31-29(20-23)33(39-15-13-25(34)22-39)28-4-2-3-5-30(28)37-31/h6-12,14,20-21,25H,2-5,13,15-19,22,34H2,1H3,(H,35,36)/t25-/m0/s1. The highest BCUT2D eigenvalue weighted by atomic mass is 32.2. The van der Waals surface area contributed by atoms with Gasteiger partial charge in [-0.1, -0.05) is 6.07 Å². The minimum Gasteiger partial charge on any atom is -0.369 e. The van der Waals surface area contributed by atoms with Crippen molar-refractivity contribution in [2.75, 3.05) is 56.5 Å². The predicted molar refractivity (Wildman–Crippen MR) is 172 cm³/mol. The molecular formula is C33H39N7O2S. The molecule has 1 atom stereocenters. The van der Waals surface area contributed by atoms with Gasteiger partial charge in [-0.2, -0.15) is 4.31 Å². The highest BCUT2D eigenvalue weighted by Gasteiger charge is 2.28. The van der Waals surface area contributed by atoms with E-state index in [4.69, 9.17) is 10.7 Å². The van der Waals surface area contributed by atoms with Crippen molar-refractivity contribution < 1.29 is 8.42 Å². The molecule has 2 aromatic carbocycles. The molecule has 4 heterocycles. The number of likely N-dealkylation sites (N-methyl/N-ethyl adjacent to an activating group) is 1. The number of piperazine rings is 1. The van der Waals surface area contributed by atoms with Crippen LogP contribution in [0, 0.1) is 0 Å². The molecule has 3 aliphatic rings. The summed E-state index contributed by atoms with van der Waals surface area (Å²) in [7, 11) is -1.49. The number of sulfonamides is 1. The lowest BCUT2D eigenvalue weighted by molar-refractivity contribution is 0.222. The number of aryl methyl sites for hydroxylation is 1. The Kier molecular flexibility index (Phi) is 7.54. The number of aromatic nitrogens is 2. The minimum absolute atomic E-state index is 0.209. The summed E-state index contributed by atoms with van der Waals surface area (Å²) >= 11 is 0. The molecule has 0 spiro atoms. The van der Waals surface area contributed by atoms with Crippen LogP contribution in [-0.4, -0.2) is 79.9 Å². The maximum atomic E-state index is 13.1. The van der Waals surface area contributed by atoms with E-state index in [9.17, 15) is 8.42 Å². The molecule has 4 aromatic rings. The summed E-state index contributed by atoms with van der Waals surface area (Å²) in [4.78, 5) is 14.6. The molecule has 9 nitrogen and oxygen atoms in total. The maximum Gasteiger partial charge on any atom is 0.243 e. The van der Waals surface area contributed by atoms with E-state index in [0.29, 0.717) is 23.8 Å². The van der Waals surface area contributed by atoms with Crippen molar-refractivity contribution in [3.63, 3.8) is 0 Å². The van der Waals surface area contributed by atoms with Crippen molar-refractivity contribution in [3.05, 3.63) is 72.1 Å². The molecule has 7 rings (SSSR count). The number of fused-ring (bicyclic) bond motifs is 2. The van der Waals surface area contributed by atoms with Crippen molar-refractivity contribution in [1.29, 1.82) is 0 Å². The van der Waals surface area contributed by atoms with Crippen LogP contribution in [0.3, 0.4) is 0 Å². The first-order valence-electron chi connectivity index (χ1n) is 15.3. The van der Waals surface area contributed by atoms with Gasteiger partial charge in [-0.05, 0) is 104 Å². The Morgan fingerprint density at radius 2 is 1.67 bits per heavy atom. The van der Waals surface area contributed by atoms with Crippen LogP contribution in [0.15, 0.2) is 65.7 Å². The molecule has 224 valence electrons. The minimum atomic E-state index is -3.51. The second-order valence-electron chi connectivity index (χ2n) is 12.1. The number of pyridine rings is 2. The van der Waals surface area contributed by atoms with Crippen LogP contribution < -0.4 is 16.0 Å². The Hall–Kier alpha value is -3.57. The summed E-state index contributed by atoms with van der Waals surface area (Å²) in [5.74, 6) is 0.696. The van der Waals surface area contributed by atoms with Gasteiger partial charge < -0.3 is 20.9 Å². The van der Waals surface area contributed by atoms with Crippen molar-refractivity contribution in [2.24, 2.45) is 5.73 Å². The quantitative estimate of drug-likeness (QED) is 0.337. The fraction of sp³-hybridized carbons (Fsp3) is 0.394. The topological polar surface area (TPSA) is 108 Å². The van der Waals surface area contributed by atoms with Crippen LogP contribution in [0.1, 0.15) is 30.5 Å². The molecule has 2 fully saturated rings. The number of nitrogens with one attached hydrogen (secondary N) is 1. The van der Waals surface area contributed by atoms with Gasteiger partial charge in [0.05, 0.1) is 16.1 Å². The average Bonchev–Trinajstić information content (AvgIpc) is 3.45. The Bertz CT molecular complexity index is 1750. The van der Waals surface area contributed by atoms with Crippen LogP contribution in [0.25, 0.3) is 22.0 Å². The van der Waals surface area contributed by atoms with Gasteiger partial charge in [0, 0.05) is 68.3 Å². The van der Waals surface area contributed by atoms with Gasteiger partial charge in [0.25, 0.3) is 0 Å². The zero-order valence-electron chi connectivity index (χ0n) is 24.7. The lowest BCUT2D eigenvalue weighted by atomic mass is 9.91. The summed E-state index contributed by atoms with van der Waals surface area (Å²) in [6, 6.07) is 17.8. The summed E-state index contributed by atoms with van der Waals surface area (Å²) in [6.45, 7) is 4.37. The molecule has 0 saturated carbocycles. The van der Waals surface area contributed by atoms with Gasteiger partial charge >= 0.3 is 0 Å². The van der Waals surface area contributed by atoms with Gasteiger partial charge in [-0.3, -0.25) is 4.98 Å². The third-order valence-corrected chi connectivity index (χ3v) is 11.0. The predicted octanol–water partition coefficient (Wildman–Crippen LogP) is 4.39. The Morgan fingerprint density at radius 3 is 2.44 bits per heavy atom. The SMILES string of the molecule is CN1CCN(S(=O)(=O)c2ccc(Nc3cc(-c4ccc5nc6c(c(N7CC[C@H](N)C7)c5c4)CCCC6)ccn3)cc2)CC1. The summed E-state index contributed by atoms with van der Waals surface area (Å²) < 4.78 is 27.8. The zero-order valence-corrected chi connectivity index (χ0v) is 25.5. The number of hydrogen-bond donors (Lipinski definition) is 2. The first kappa shape index (κ1) is 28.2. The van der Waals surface area contributed by atoms with Crippen LogP contribution >= 0.6 is 0 Å². The molecule has 2 aromatic heterocycles. The first-order valence-corrected chi connectivity index (χ1v) is 16.8. The second kappa shape index (κ2) is 11.5. The van der Waals surface area contributed by atoms with E-state index in [2.05, 4.69) is 38.3 Å². The number of hydrogen-bond acceptors (Lipinski definition) is 8. The maximum absolute atomic E-state index is 13.1. The first-order chi connectivity index (χ1) is 20.8. The molecule has 0 radical (unpaired) electrons. The smallest absolute Gasteiger partial charge is 0.243 e. The van der Waals surface area contributed by atoms with Crippen molar-refractivity contribution >= 4 is 38.1 Å². The Morgan fingerprint density at radius 1 is 0.907 bits per heavy atom. The lowest BCUT2D eigenvalue weighted by Gasteiger charge is -2.31. The fourth-order valence-electron chi connectivity index (χ4n) is 6.64. The number of nitrogens with zero attached hydrogens (tertiary/aromatic N) is 5. The number of nitrogens with two attached hydrogens (primary N) is 1. The van der Waals surface area contributed by atoms with Gasteiger partial charge in [-0.25, -0.2) is 13.4 Å². The monoisotopic (exact) mass is 597 g/mol. The molecular weight excluding hydrogens is 558 g/mol. The number of benzene rings is 2. The molecule has 1 aliphatic carbocycles. The van der Waals surface area contributed by atoms with E-state index < -0.39 is 10.0 Å². The molecule has 0 bridgehead atoms. The molecule has 10 heteroatoms. The van der Waals surface area contributed by atoms with E-state index >= 15 is 0 Å². The van der Waals surface area contributed by atoms with E-state index in [1.807, 2.05) is 19.2 Å². The van der Waals surface area contributed by atoms with Gasteiger partial charge in [0.1, 0.15) is 5.82 Å². The third kappa shape index (κ3) is 5.60. The van der Waals surface area contributed by atoms with E-state index in [1.54, 1.807) is 34.8 Å². The normalized spacial score (nSPS) is 20.0. The van der Waals surface area contributed by atoms with Crippen LogP contribution in [0.5, 0.6) is 0 Å². The summed E-state index contributed by atoms with van der Waals surface area (Å²) in [6.07, 6.45) is 7.34. The molecule has 0 unspecified atom stereocenters. The van der Waals surface area contributed by atoms with E-state index in [0.717, 1.165) is 67.8 Å². The van der Waals surface area contributed by atoms with E-state index in [1.165, 1.54) is 35.2 Å². The molecule has 0 amide bonds. The summed E-state index contributed by atoms with van der Waals surface area (Å²) in [5, 5.41) is 4.55. The molecule has 3 N–H and O–H groups in total. The average molecular weight is 598 g/mol. The van der Waals surface area contributed by atoms with Gasteiger partial charge in [0.15, 0.2) is 0 Å². The second-order valence-corrected chi connectivity index (χ2v) is 14.0. The molecule has 2 saturated heterocycles. The summed E-state index contributed by atoms with van der Waals surface area (Å²) in [5.41, 5.74) is 14.3. The van der Waals surface area contributed by atoms with Crippen molar-refractivity contribution in [2.45, 2.75) is 43.0 Å². The number of anilines is 3. The lowest BCUT2D eigenvalue weighted by Crippen LogP contribution is -2.46. The molecule has 2 aliphatic heterocycles. The Balaban J connectivity index is 1.16. The van der Waals surface area contributed by atoms with Crippen LogP contribution in [0.2, 0.25) is 0 Å². The van der Waals surface area contributed by atoms with E-state index in [-0.39, 0.29) is 6.04 Å². The van der Waals surface area contributed by atoms with Crippen LogP contribution in [-0.2, 0) is 22.9 Å². The molecule has 43 heavy (non-hydrogen) atoms. The highest BCUT2D eigenvalue weighted by Crippen LogP contribution is 2.39. The fourth-order valence-corrected chi connectivity index (χ4v) is 8.07. The Labute approximate surface area is 253 Å². The highest BCUT2D eigenvalue weighted by molar-refractivity contribution is 7.89. The van der Waals surface area contributed by atoms with Gasteiger partial charge in [-0.15, -0.1) is 0 Å². The number of rotatable bonds is 6. The zero-order chi connectivity index (χ0) is 29.6. The van der Waals surface area contributed by atoms with Crippen LogP contribution in [0.4, 0.5) is 17.2 Å².